The Morgan fingerprint density at radius 1 is 1.62 bits per heavy atom. The fourth-order valence-electron chi connectivity index (χ4n) is 0.465. The van der Waals surface area contributed by atoms with Crippen molar-refractivity contribution in [2.75, 3.05) is 0 Å². The SMILES string of the molecule is Cc1ncccc1I. The fourth-order valence-corrected chi connectivity index (χ4v) is 0.811. The number of hydrogen-bond acceptors (Lipinski definition) is 1. The van der Waals surface area contributed by atoms with E-state index in [2.05, 4.69) is 27.6 Å². The Hall–Kier alpha value is -0.120. The van der Waals surface area contributed by atoms with Gasteiger partial charge in [-0.25, -0.2) is 0 Å². The van der Waals surface area contributed by atoms with Crippen LogP contribution in [0.15, 0.2) is 18.3 Å². The molecule has 0 saturated carbocycles. The van der Waals surface area contributed by atoms with Crippen LogP contribution in [0.25, 0.3) is 0 Å². The standard InChI is InChI=1S/C6H6IN/c1-5-6(7)3-2-4-8-5/h2-4H,1H3. The molecule has 0 aliphatic rings. The zero-order valence-corrected chi connectivity index (χ0v) is 6.71. The number of rotatable bonds is 0. The molecule has 2 heteroatoms. The van der Waals surface area contributed by atoms with Crippen LogP contribution in [0.5, 0.6) is 0 Å². The van der Waals surface area contributed by atoms with Crippen LogP contribution in [0.2, 0.25) is 0 Å². The highest BCUT2D eigenvalue weighted by molar-refractivity contribution is 14.1. The lowest BCUT2D eigenvalue weighted by Crippen LogP contribution is -1.81. The van der Waals surface area contributed by atoms with Gasteiger partial charge in [-0.3, -0.25) is 4.98 Å². The molecule has 0 aliphatic carbocycles. The number of halogens is 1. The first-order valence-electron chi connectivity index (χ1n) is 2.38. The lowest BCUT2D eigenvalue weighted by Gasteiger charge is -1.90. The van der Waals surface area contributed by atoms with Crippen molar-refractivity contribution in [2.24, 2.45) is 0 Å². The molecule has 0 aromatic carbocycles. The zero-order valence-electron chi connectivity index (χ0n) is 4.56. The number of hydrogen-bond donors (Lipinski definition) is 0. The Labute approximate surface area is 62.3 Å². The summed E-state index contributed by atoms with van der Waals surface area (Å²) in [5, 5.41) is 0. The smallest absolute Gasteiger partial charge is 0.0505 e. The number of nitrogens with zero attached hydrogens (tertiary/aromatic N) is 1. The summed E-state index contributed by atoms with van der Waals surface area (Å²) in [6, 6.07) is 3.98. The molecule has 0 radical (unpaired) electrons. The van der Waals surface area contributed by atoms with E-state index in [0.29, 0.717) is 0 Å². The van der Waals surface area contributed by atoms with Crippen molar-refractivity contribution in [3.8, 4) is 0 Å². The molecule has 1 nitrogen and oxygen atoms in total. The molecule has 0 N–H and O–H groups in total. The van der Waals surface area contributed by atoms with Crippen molar-refractivity contribution in [3.05, 3.63) is 27.6 Å². The number of pyridine rings is 1. The molecule has 0 aliphatic heterocycles. The molecule has 0 fully saturated rings. The van der Waals surface area contributed by atoms with Crippen LogP contribution in [0.4, 0.5) is 0 Å². The van der Waals surface area contributed by atoms with E-state index in [1.165, 1.54) is 3.57 Å². The molecular weight excluding hydrogens is 213 g/mol. The van der Waals surface area contributed by atoms with Gasteiger partial charge in [-0.2, -0.15) is 0 Å². The van der Waals surface area contributed by atoms with Crippen molar-refractivity contribution in [2.45, 2.75) is 6.92 Å². The summed E-state index contributed by atoms with van der Waals surface area (Å²) in [7, 11) is 0. The third-order valence-electron chi connectivity index (χ3n) is 0.942. The minimum Gasteiger partial charge on any atom is -0.261 e. The van der Waals surface area contributed by atoms with E-state index in [-0.39, 0.29) is 0 Å². The summed E-state index contributed by atoms with van der Waals surface area (Å²) in [5.74, 6) is 0. The summed E-state index contributed by atoms with van der Waals surface area (Å²) in [4.78, 5) is 4.07. The van der Waals surface area contributed by atoms with Gasteiger partial charge in [0.1, 0.15) is 0 Å². The maximum atomic E-state index is 4.07. The van der Waals surface area contributed by atoms with Crippen LogP contribution in [-0.2, 0) is 0 Å². The third kappa shape index (κ3) is 1.18. The maximum Gasteiger partial charge on any atom is 0.0505 e. The summed E-state index contributed by atoms with van der Waals surface area (Å²) < 4.78 is 1.23. The Balaban J connectivity index is 3.13. The van der Waals surface area contributed by atoms with Crippen LogP contribution in [0.1, 0.15) is 5.69 Å². The largest absolute Gasteiger partial charge is 0.261 e. The molecule has 0 spiro atoms. The van der Waals surface area contributed by atoms with Gasteiger partial charge in [-0.15, -0.1) is 0 Å². The highest BCUT2D eigenvalue weighted by Crippen LogP contribution is 2.05. The number of aryl methyl sites for hydroxylation is 1. The van der Waals surface area contributed by atoms with E-state index in [4.69, 9.17) is 0 Å². The average Bonchev–Trinajstić information content (AvgIpc) is 1.77. The predicted molar refractivity (Wildman–Crippen MR) is 41.7 cm³/mol. The first-order valence-corrected chi connectivity index (χ1v) is 3.45. The Morgan fingerprint density at radius 2 is 2.38 bits per heavy atom. The molecule has 1 aromatic rings. The normalized spacial score (nSPS) is 9.25. The molecule has 8 heavy (non-hydrogen) atoms. The fraction of sp³-hybridized carbons (Fsp3) is 0.167. The van der Waals surface area contributed by atoms with Crippen molar-refractivity contribution >= 4 is 22.6 Å². The molecule has 0 unspecified atom stereocenters. The number of aromatic nitrogens is 1. The lowest BCUT2D eigenvalue weighted by molar-refractivity contribution is 1.18. The summed E-state index contributed by atoms with van der Waals surface area (Å²) in [5.41, 5.74) is 1.10. The highest BCUT2D eigenvalue weighted by Gasteiger charge is 1.87. The molecule has 0 atom stereocenters. The summed E-state index contributed by atoms with van der Waals surface area (Å²) in [6.45, 7) is 2.00. The average molecular weight is 219 g/mol. The van der Waals surface area contributed by atoms with Crippen LogP contribution < -0.4 is 0 Å². The molecular formula is C6H6IN. The quantitative estimate of drug-likeness (QED) is 0.608. The van der Waals surface area contributed by atoms with Gasteiger partial charge < -0.3 is 0 Å². The van der Waals surface area contributed by atoms with Gasteiger partial charge in [0.2, 0.25) is 0 Å². The van der Waals surface area contributed by atoms with Gasteiger partial charge in [0, 0.05) is 9.77 Å². The van der Waals surface area contributed by atoms with E-state index in [1.807, 2.05) is 19.1 Å². The monoisotopic (exact) mass is 219 g/mol. The second-order valence-electron chi connectivity index (χ2n) is 1.57. The van der Waals surface area contributed by atoms with Gasteiger partial charge in [-0.05, 0) is 41.6 Å². The molecule has 1 aromatic heterocycles. The Bertz CT molecular complexity index is 165. The highest BCUT2D eigenvalue weighted by atomic mass is 127. The molecule has 0 saturated heterocycles. The van der Waals surface area contributed by atoms with Crippen LogP contribution in [0, 0.1) is 10.5 Å². The van der Waals surface area contributed by atoms with Crippen molar-refractivity contribution in [1.82, 2.24) is 4.98 Å². The van der Waals surface area contributed by atoms with E-state index in [9.17, 15) is 0 Å². The van der Waals surface area contributed by atoms with Gasteiger partial charge in [-0.1, -0.05) is 0 Å². The zero-order chi connectivity index (χ0) is 5.98. The second-order valence-corrected chi connectivity index (χ2v) is 2.73. The van der Waals surface area contributed by atoms with Gasteiger partial charge in [0.05, 0.1) is 5.69 Å². The first-order chi connectivity index (χ1) is 3.80. The molecule has 0 bridgehead atoms. The van der Waals surface area contributed by atoms with E-state index < -0.39 is 0 Å². The van der Waals surface area contributed by atoms with Crippen molar-refractivity contribution < 1.29 is 0 Å². The van der Waals surface area contributed by atoms with E-state index >= 15 is 0 Å². The van der Waals surface area contributed by atoms with Gasteiger partial charge >= 0.3 is 0 Å². The van der Waals surface area contributed by atoms with Crippen molar-refractivity contribution in [3.63, 3.8) is 0 Å². The first kappa shape index (κ1) is 6.01. The Kier molecular flexibility index (Phi) is 1.83. The molecule has 1 heterocycles. The minimum atomic E-state index is 1.10. The lowest BCUT2D eigenvalue weighted by atomic mass is 10.4. The third-order valence-corrected chi connectivity index (χ3v) is 2.08. The molecule has 0 amide bonds. The second kappa shape index (κ2) is 2.44. The van der Waals surface area contributed by atoms with Gasteiger partial charge in [0.25, 0.3) is 0 Å². The van der Waals surface area contributed by atoms with Crippen LogP contribution >= 0.6 is 22.6 Å². The van der Waals surface area contributed by atoms with Gasteiger partial charge in [0.15, 0.2) is 0 Å². The predicted octanol–water partition coefficient (Wildman–Crippen LogP) is 1.99. The van der Waals surface area contributed by atoms with E-state index in [0.717, 1.165) is 5.69 Å². The topological polar surface area (TPSA) is 12.9 Å². The summed E-state index contributed by atoms with van der Waals surface area (Å²) >= 11 is 2.26. The Morgan fingerprint density at radius 3 is 2.75 bits per heavy atom. The van der Waals surface area contributed by atoms with Crippen LogP contribution in [-0.4, -0.2) is 4.98 Å². The maximum absolute atomic E-state index is 4.07. The minimum absolute atomic E-state index is 1.10. The summed E-state index contributed by atoms with van der Waals surface area (Å²) in [6.07, 6.45) is 1.80. The molecule has 1 rings (SSSR count). The van der Waals surface area contributed by atoms with E-state index in [1.54, 1.807) is 6.20 Å². The molecule has 42 valence electrons. The van der Waals surface area contributed by atoms with Crippen molar-refractivity contribution in [1.29, 1.82) is 0 Å². The van der Waals surface area contributed by atoms with Crippen LogP contribution in [0.3, 0.4) is 0 Å².